The van der Waals surface area contributed by atoms with E-state index in [9.17, 15) is 15.2 Å². The van der Waals surface area contributed by atoms with Crippen molar-refractivity contribution < 1.29 is 14.8 Å². The normalized spacial score (nSPS) is 17.4. The summed E-state index contributed by atoms with van der Waals surface area (Å²) in [6, 6.07) is 4.65. The van der Waals surface area contributed by atoms with Gasteiger partial charge in [0.15, 0.2) is 0 Å². The molecule has 1 aliphatic rings. The predicted molar refractivity (Wildman–Crippen MR) is 83.8 cm³/mol. The largest absolute Gasteiger partial charge is 0.392 e. The molecule has 0 radical (unpaired) electrons. The first-order chi connectivity index (χ1) is 10.1. The zero-order valence-corrected chi connectivity index (χ0v) is 12.8. The van der Waals surface area contributed by atoms with Crippen LogP contribution in [-0.4, -0.2) is 40.8 Å². The first kappa shape index (κ1) is 16.1. The Kier molecular flexibility index (Phi) is 5.44. The molecule has 7 heteroatoms. The van der Waals surface area contributed by atoms with Crippen molar-refractivity contribution in [3.63, 3.8) is 0 Å². The van der Waals surface area contributed by atoms with E-state index in [1.807, 2.05) is 0 Å². The Labute approximate surface area is 128 Å². The summed E-state index contributed by atoms with van der Waals surface area (Å²) in [5, 5.41) is 23.5. The number of anilines is 1. The average Bonchev–Trinajstić information content (AvgIpc) is 2.53. The zero-order chi connectivity index (χ0) is 15.3. The van der Waals surface area contributed by atoms with Gasteiger partial charge >= 0.3 is 0 Å². The molecule has 1 aromatic rings. The van der Waals surface area contributed by atoms with Gasteiger partial charge in [0.1, 0.15) is 5.69 Å². The molecule has 1 aromatic carbocycles. The summed E-state index contributed by atoms with van der Waals surface area (Å²) in [6.45, 7) is 1.96. The third kappa shape index (κ3) is 3.87. The number of aliphatic hydroxyl groups is 1. The van der Waals surface area contributed by atoms with E-state index in [0.717, 1.165) is 26.1 Å². The number of nitrogens with one attached hydrogen (secondary N) is 1. The van der Waals surface area contributed by atoms with E-state index in [-0.39, 0.29) is 17.0 Å². The molecule has 0 spiro atoms. The molecular formula is C14H20N2O4S. The summed E-state index contributed by atoms with van der Waals surface area (Å²) >= 11 is 1.77. The van der Waals surface area contributed by atoms with Crippen LogP contribution in [0.25, 0.3) is 0 Å². The Morgan fingerprint density at radius 3 is 2.76 bits per heavy atom. The van der Waals surface area contributed by atoms with E-state index >= 15 is 0 Å². The maximum absolute atomic E-state index is 11.1. The van der Waals surface area contributed by atoms with Crippen LogP contribution in [0.3, 0.4) is 0 Å². The highest BCUT2D eigenvalue weighted by atomic mass is 32.2. The SMILES string of the molecule is CSC1(CNc2cc(CO)ccc2[N+](=O)[O-])CCOCC1. The maximum atomic E-state index is 11.1. The monoisotopic (exact) mass is 312 g/mol. The fraction of sp³-hybridized carbons (Fsp3) is 0.571. The third-order valence-corrected chi connectivity index (χ3v) is 5.30. The molecule has 0 atom stereocenters. The number of nitrogens with zero attached hydrogens (tertiary/aromatic N) is 1. The smallest absolute Gasteiger partial charge is 0.292 e. The van der Waals surface area contributed by atoms with Gasteiger partial charge in [0.25, 0.3) is 5.69 Å². The van der Waals surface area contributed by atoms with Crippen molar-refractivity contribution in [1.29, 1.82) is 0 Å². The van der Waals surface area contributed by atoms with Crippen LogP contribution in [0.1, 0.15) is 18.4 Å². The Hall–Kier alpha value is -1.31. The van der Waals surface area contributed by atoms with Crippen molar-refractivity contribution in [2.24, 2.45) is 0 Å². The van der Waals surface area contributed by atoms with Gasteiger partial charge in [-0.1, -0.05) is 0 Å². The van der Waals surface area contributed by atoms with Crippen molar-refractivity contribution in [2.45, 2.75) is 24.2 Å². The van der Waals surface area contributed by atoms with Crippen LogP contribution in [-0.2, 0) is 11.3 Å². The van der Waals surface area contributed by atoms with Crippen LogP contribution in [0, 0.1) is 10.1 Å². The van der Waals surface area contributed by atoms with Gasteiger partial charge in [0.2, 0.25) is 0 Å². The molecule has 0 aromatic heterocycles. The van der Waals surface area contributed by atoms with E-state index in [1.54, 1.807) is 23.9 Å². The number of nitro groups is 1. The number of thioether (sulfide) groups is 1. The molecule has 2 N–H and O–H groups in total. The second-order valence-corrected chi connectivity index (χ2v) is 6.39. The van der Waals surface area contributed by atoms with Gasteiger partial charge in [-0.15, -0.1) is 0 Å². The van der Waals surface area contributed by atoms with Crippen molar-refractivity contribution in [2.75, 3.05) is 31.3 Å². The number of rotatable bonds is 6. The lowest BCUT2D eigenvalue weighted by atomic mass is 9.98. The molecule has 1 aliphatic heterocycles. The topological polar surface area (TPSA) is 84.6 Å². The lowest BCUT2D eigenvalue weighted by Crippen LogP contribution is -2.39. The van der Waals surface area contributed by atoms with E-state index in [4.69, 9.17) is 4.74 Å². The fourth-order valence-corrected chi connectivity index (χ4v) is 3.23. The highest BCUT2D eigenvalue weighted by molar-refractivity contribution is 8.00. The molecule has 0 amide bonds. The molecule has 0 aliphatic carbocycles. The number of hydrogen-bond acceptors (Lipinski definition) is 6. The van der Waals surface area contributed by atoms with Gasteiger partial charge in [-0.05, 0) is 36.8 Å². The Balaban J connectivity index is 2.15. The molecule has 6 nitrogen and oxygen atoms in total. The van der Waals surface area contributed by atoms with Gasteiger partial charge < -0.3 is 15.2 Å². The quantitative estimate of drug-likeness (QED) is 0.620. The minimum absolute atomic E-state index is 0.0375. The van der Waals surface area contributed by atoms with Crippen LogP contribution >= 0.6 is 11.8 Å². The number of nitro benzene ring substituents is 1. The minimum Gasteiger partial charge on any atom is -0.392 e. The fourth-order valence-electron chi connectivity index (χ4n) is 2.44. The molecule has 0 bridgehead atoms. The summed E-state index contributed by atoms with van der Waals surface area (Å²) in [6.07, 6.45) is 3.91. The number of aliphatic hydroxyl groups excluding tert-OH is 1. The van der Waals surface area contributed by atoms with Crippen molar-refractivity contribution in [1.82, 2.24) is 0 Å². The van der Waals surface area contributed by atoms with E-state index in [0.29, 0.717) is 17.8 Å². The van der Waals surface area contributed by atoms with Crippen LogP contribution in [0.4, 0.5) is 11.4 Å². The predicted octanol–water partition coefficient (Wildman–Crippen LogP) is 2.41. The molecule has 0 saturated carbocycles. The first-order valence-corrected chi connectivity index (χ1v) is 8.08. The zero-order valence-electron chi connectivity index (χ0n) is 12.0. The van der Waals surface area contributed by atoms with E-state index in [1.165, 1.54) is 6.07 Å². The average molecular weight is 312 g/mol. The summed E-state index contributed by atoms with van der Waals surface area (Å²) < 4.78 is 5.44. The summed E-state index contributed by atoms with van der Waals surface area (Å²) in [5.74, 6) is 0. The van der Waals surface area contributed by atoms with Crippen LogP contribution in [0.15, 0.2) is 18.2 Å². The molecule has 0 unspecified atom stereocenters. The maximum Gasteiger partial charge on any atom is 0.292 e. The third-order valence-electron chi connectivity index (χ3n) is 3.88. The molecular weight excluding hydrogens is 292 g/mol. The highest BCUT2D eigenvalue weighted by Gasteiger charge is 2.32. The summed E-state index contributed by atoms with van der Waals surface area (Å²) in [5.41, 5.74) is 1.16. The number of benzene rings is 1. The second kappa shape index (κ2) is 7.11. The van der Waals surface area contributed by atoms with Crippen LogP contribution < -0.4 is 5.32 Å². The van der Waals surface area contributed by atoms with Crippen molar-refractivity contribution in [3.05, 3.63) is 33.9 Å². The van der Waals surface area contributed by atoms with Gasteiger partial charge in [-0.25, -0.2) is 0 Å². The minimum atomic E-state index is -0.404. The standard InChI is InChI=1S/C14H20N2O4S/c1-21-14(4-6-20-7-5-14)10-15-12-8-11(9-17)2-3-13(12)16(18)19/h2-3,8,15,17H,4-7,9-10H2,1H3. The first-order valence-electron chi connectivity index (χ1n) is 6.85. The Bertz CT molecular complexity index is 504. The number of ether oxygens (including phenoxy) is 1. The van der Waals surface area contributed by atoms with E-state index in [2.05, 4.69) is 11.6 Å². The van der Waals surface area contributed by atoms with E-state index < -0.39 is 4.92 Å². The molecule has 116 valence electrons. The van der Waals surface area contributed by atoms with Gasteiger partial charge in [0, 0.05) is 30.6 Å². The lowest BCUT2D eigenvalue weighted by Gasteiger charge is -2.36. The van der Waals surface area contributed by atoms with Crippen molar-refractivity contribution >= 4 is 23.1 Å². The van der Waals surface area contributed by atoms with Gasteiger partial charge in [-0.2, -0.15) is 11.8 Å². The van der Waals surface area contributed by atoms with Crippen LogP contribution in [0.2, 0.25) is 0 Å². The second-order valence-electron chi connectivity index (χ2n) is 5.12. The Morgan fingerprint density at radius 1 is 1.48 bits per heavy atom. The summed E-state index contributed by atoms with van der Waals surface area (Å²) in [7, 11) is 0. The highest BCUT2D eigenvalue weighted by Crippen LogP contribution is 2.35. The molecule has 2 rings (SSSR count). The molecule has 1 fully saturated rings. The van der Waals surface area contributed by atoms with Crippen molar-refractivity contribution in [3.8, 4) is 0 Å². The molecule has 21 heavy (non-hydrogen) atoms. The summed E-state index contributed by atoms with van der Waals surface area (Å²) in [4.78, 5) is 10.7. The van der Waals surface area contributed by atoms with Gasteiger partial charge in [-0.3, -0.25) is 10.1 Å². The number of hydrogen-bond donors (Lipinski definition) is 2. The molecule has 1 saturated heterocycles. The Morgan fingerprint density at radius 2 is 2.19 bits per heavy atom. The van der Waals surface area contributed by atoms with Gasteiger partial charge in [0.05, 0.1) is 11.5 Å². The van der Waals surface area contributed by atoms with Crippen LogP contribution in [0.5, 0.6) is 0 Å². The lowest BCUT2D eigenvalue weighted by molar-refractivity contribution is -0.384. The molecule has 1 heterocycles.